The third-order valence-corrected chi connectivity index (χ3v) is 3.46. The molecule has 1 aromatic carbocycles. The van der Waals surface area contributed by atoms with Crippen LogP contribution in [0.25, 0.3) is 0 Å². The van der Waals surface area contributed by atoms with Crippen molar-refractivity contribution in [3.63, 3.8) is 0 Å². The smallest absolute Gasteiger partial charge is 0.227 e. The van der Waals surface area contributed by atoms with Gasteiger partial charge in [0, 0.05) is 29.9 Å². The Morgan fingerprint density at radius 3 is 2.56 bits per heavy atom. The largest absolute Gasteiger partial charge is 0.370 e. The summed E-state index contributed by atoms with van der Waals surface area (Å²) in [6.07, 6.45) is 2.07. The molecule has 0 aromatic heterocycles. The first kappa shape index (κ1) is 12.9. The number of rotatable bonds is 3. The number of amides is 1. The first-order valence-electron chi connectivity index (χ1n) is 6.53. The minimum atomic E-state index is 0.0686. The highest BCUT2D eigenvalue weighted by molar-refractivity contribution is 5.94. The third-order valence-electron chi connectivity index (χ3n) is 3.46. The number of anilines is 2. The summed E-state index contributed by atoms with van der Waals surface area (Å²) in [6.45, 7) is 6.51. The van der Waals surface area contributed by atoms with Crippen LogP contribution in [-0.2, 0) is 4.79 Å². The van der Waals surface area contributed by atoms with Crippen LogP contribution in [-0.4, -0.2) is 18.5 Å². The van der Waals surface area contributed by atoms with Crippen molar-refractivity contribution in [3.05, 3.63) is 24.3 Å². The lowest BCUT2D eigenvalue weighted by Gasteiger charge is -2.34. The molecule has 0 aliphatic heterocycles. The van der Waals surface area contributed by atoms with Gasteiger partial charge in [-0.2, -0.15) is 0 Å². The Morgan fingerprint density at radius 1 is 1.33 bits per heavy atom. The molecule has 0 bridgehead atoms. The zero-order valence-electron chi connectivity index (χ0n) is 11.7. The Morgan fingerprint density at radius 2 is 2.00 bits per heavy atom. The van der Waals surface area contributed by atoms with Crippen molar-refractivity contribution in [1.82, 2.24) is 0 Å². The molecule has 0 spiro atoms. The fraction of sp³-hybridized carbons (Fsp3) is 0.533. The summed E-state index contributed by atoms with van der Waals surface area (Å²) in [5.74, 6) is 0.402. The van der Waals surface area contributed by atoms with Crippen LogP contribution in [0.15, 0.2) is 24.3 Å². The maximum Gasteiger partial charge on any atom is 0.227 e. The molecule has 3 heteroatoms. The number of benzene rings is 1. The molecular formula is C15H22N2O. The maximum atomic E-state index is 11.7. The Bertz CT molecular complexity index is 444. The molecule has 0 saturated heterocycles. The quantitative estimate of drug-likeness (QED) is 0.887. The van der Waals surface area contributed by atoms with Crippen LogP contribution in [0.1, 0.15) is 33.6 Å². The highest BCUT2D eigenvalue weighted by atomic mass is 16.2. The highest BCUT2D eigenvalue weighted by Gasteiger charge is 2.29. The molecule has 1 saturated carbocycles. The predicted molar refractivity (Wildman–Crippen MR) is 76.0 cm³/mol. The van der Waals surface area contributed by atoms with Crippen molar-refractivity contribution >= 4 is 17.3 Å². The van der Waals surface area contributed by atoms with Crippen molar-refractivity contribution in [3.8, 4) is 0 Å². The first-order valence-corrected chi connectivity index (χ1v) is 6.53. The topological polar surface area (TPSA) is 32.3 Å². The van der Waals surface area contributed by atoms with E-state index in [0.717, 1.165) is 24.2 Å². The number of hydrogen-bond donors (Lipinski definition) is 1. The van der Waals surface area contributed by atoms with E-state index in [2.05, 4.69) is 44.1 Å². The van der Waals surface area contributed by atoms with Gasteiger partial charge in [-0.3, -0.25) is 4.79 Å². The van der Waals surface area contributed by atoms with Crippen molar-refractivity contribution in [2.75, 3.05) is 17.3 Å². The zero-order chi connectivity index (χ0) is 13.3. The van der Waals surface area contributed by atoms with Gasteiger partial charge in [-0.25, -0.2) is 0 Å². The lowest BCUT2D eigenvalue weighted by molar-refractivity contribution is -0.117. The average Bonchev–Trinajstić information content (AvgIpc) is 3.11. The fourth-order valence-corrected chi connectivity index (χ4v) is 1.77. The van der Waals surface area contributed by atoms with Crippen LogP contribution < -0.4 is 10.2 Å². The van der Waals surface area contributed by atoms with Crippen molar-refractivity contribution < 1.29 is 4.79 Å². The SMILES string of the molecule is CN(c1cccc(NC(=O)C2CC2)c1)C(C)(C)C. The van der Waals surface area contributed by atoms with Gasteiger partial charge >= 0.3 is 0 Å². The lowest BCUT2D eigenvalue weighted by Crippen LogP contribution is -2.38. The normalized spacial score (nSPS) is 15.3. The van der Waals surface area contributed by atoms with Crippen LogP contribution in [0.3, 0.4) is 0 Å². The maximum absolute atomic E-state index is 11.7. The molecule has 1 amide bonds. The Labute approximate surface area is 109 Å². The van der Waals surface area contributed by atoms with Crippen LogP contribution in [0.2, 0.25) is 0 Å². The molecule has 0 heterocycles. The van der Waals surface area contributed by atoms with Gasteiger partial charge in [-0.05, 0) is 51.8 Å². The summed E-state index contributed by atoms with van der Waals surface area (Å²) in [7, 11) is 2.07. The van der Waals surface area contributed by atoms with Crippen molar-refractivity contribution in [2.24, 2.45) is 5.92 Å². The van der Waals surface area contributed by atoms with E-state index < -0.39 is 0 Å². The standard InChI is InChI=1S/C15H22N2O/c1-15(2,3)17(4)13-7-5-6-12(10-13)16-14(18)11-8-9-11/h5-7,10-11H,8-9H2,1-4H3,(H,16,18). The molecule has 1 aliphatic rings. The minimum absolute atomic E-state index is 0.0686. The molecule has 0 atom stereocenters. The van der Waals surface area contributed by atoms with Crippen molar-refractivity contribution in [2.45, 2.75) is 39.2 Å². The van der Waals surface area contributed by atoms with E-state index >= 15 is 0 Å². The molecule has 1 aromatic rings. The van der Waals surface area contributed by atoms with Gasteiger partial charge in [-0.15, -0.1) is 0 Å². The summed E-state index contributed by atoms with van der Waals surface area (Å²) in [6, 6.07) is 8.03. The monoisotopic (exact) mass is 246 g/mol. The predicted octanol–water partition coefficient (Wildman–Crippen LogP) is 3.27. The van der Waals surface area contributed by atoms with E-state index in [4.69, 9.17) is 0 Å². The van der Waals surface area contributed by atoms with E-state index in [-0.39, 0.29) is 17.4 Å². The average molecular weight is 246 g/mol. The van der Waals surface area contributed by atoms with Gasteiger partial charge in [0.05, 0.1) is 0 Å². The molecule has 3 nitrogen and oxygen atoms in total. The summed E-state index contributed by atoms with van der Waals surface area (Å²) < 4.78 is 0. The van der Waals surface area contributed by atoms with Crippen molar-refractivity contribution in [1.29, 1.82) is 0 Å². The summed E-state index contributed by atoms with van der Waals surface area (Å²) in [5.41, 5.74) is 2.08. The Balaban J connectivity index is 2.11. The van der Waals surface area contributed by atoms with Gasteiger partial charge in [0.2, 0.25) is 5.91 Å². The van der Waals surface area contributed by atoms with Gasteiger partial charge in [0.15, 0.2) is 0 Å². The number of nitrogens with one attached hydrogen (secondary N) is 1. The number of hydrogen-bond acceptors (Lipinski definition) is 2. The van der Waals surface area contributed by atoms with Crippen LogP contribution >= 0.6 is 0 Å². The van der Waals surface area contributed by atoms with Gasteiger partial charge in [0.25, 0.3) is 0 Å². The Hall–Kier alpha value is -1.51. The first-order chi connectivity index (χ1) is 8.38. The third kappa shape index (κ3) is 3.03. The highest BCUT2D eigenvalue weighted by Crippen LogP contribution is 2.31. The molecular weight excluding hydrogens is 224 g/mol. The van der Waals surface area contributed by atoms with Crippen LogP contribution in [0.4, 0.5) is 11.4 Å². The second kappa shape index (κ2) is 4.63. The second-order valence-corrected chi connectivity index (χ2v) is 6.04. The minimum Gasteiger partial charge on any atom is -0.370 e. The molecule has 1 aliphatic carbocycles. The molecule has 1 N–H and O–H groups in total. The summed E-state index contributed by atoms with van der Waals surface area (Å²) in [5, 5.41) is 2.98. The molecule has 0 unspecified atom stereocenters. The Kier molecular flexibility index (Phi) is 3.33. The van der Waals surface area contributed by atoms with Gasteiger partial charge in [-0.1, -0.05) is 6.07 Å². The lowest BCUT2D eigenvalue weighted by atomic mass is 10.1. The second-order valence-electron chi connectivity index (χ2n) is 6.04. The summed E-state index contributed by atoms with van der Waals surface area (Å²) in [4.78, 5) is 13.9. The zero-order valence-corrected chi connectivity index (χ0v) is 11.7. The molecule has 18 heavy (non-hydrogen) atoms. The van der Waals surface area contributed by atoms with E-state index in [1.807, 2.05) is 18.2 Å². The molecule has 1 fully saturated rings. The van der Waals surface area contributed by atoms with E-state index in [1.165, 1.54) is 0 Å². The van der Waals surface area contributed by atoms with Crippen LogP contribution in [0, 0.1) is 5.92 Å². The fourth-order valence-electron chi connectivity index (χ4n) is 1.77. The molecule has 98 valence electrons. The molecule has 0 radical (unpaired) electrons. The number of carbonyl (C=O) groups excluding carboxylic acids is 1. The van der Waals surface area contributed by atoms with Crippen LogP contribution in [0.5, 0.6) is 0 Å². The van der Waals surface area contributed by atoms with Gasteiger partial charge in [0.1, 0.15) is 0 Å². The molecule has 2 rings (SSSR count). The number of carbonyl (C=O) groups is 1. The van der Waals surface area contributed by atoms with E-state index in [0.29, 0.717) is 0 Å². The van der Waals surface area contributed by atoms with E-state index in [9.17, 15) is 4.79 Å². The van der Waals surface area contributed by atoms with E-state index in [1.54, 1.807) is 0 Å². The number of nitrogens with zero attached hydrogens (tertiary/aromatic N) is 1. The summed E-state index contributed by atoms with van der Waals surface area (Å²) >= 11 is 0. The van der Waals surface area contributed by atoms with Gasteiger partial charge < -0.3 is 10.2 Å².